The maximum atomic E-state index is 9.82. The van der Waals surface area contributed by atoms with Crippen LogP contribution in [-0.2, 0) is 12.1 Å². The first kappa shape index (κ1) is 14.4. The van der Waals surface area contributed by atoms with Gasteiger partial charge in [0.15, 0.2) is 0 Å². The van der Waals surface area contributed by atoms with Crippen LogP contribution < -0.4 is 5.32 Å². The fourth-order valence-electron chi connectivity index (χ4n) is 1.62. The Morgan fingerprint density at radius 2 is 2.11 bits per heavy atom. The van der Waals surface area contributed by atoms with E-state index in [4.69, 9.17) is 0 Å². The molecule has 0 radical (unpaired) electrons. The highest BCUT2D eigenvalue weighted by Gasteiger charge is 2.23. The molecule has 0 saturated carbocycles. The first-order valence-electron chi connectivity index (χ1n) is 5.90. The molecule has 102 valence electrons. The molecule has 0 atom stereocenters. The van der Waals surface area contributed by atoms with Gasteiger partial charge in [0.2, 0.25) is 0 Å². The number of pyridine rings is 1. The molecule has 0 fully saturated rings. The summed E-state index contributed by atoms with van der Waals surface area (Å²) in [5.41, 5.74) is 0.379. The molecule has 0 spiro atoms. The van der Waals surface area contributed by atoms with Crippen LogP contribution in [0.4, 0.5) is 0 Å². The summed E-state index contributed by atoms with van der Waals surface area (Å²) in [6, 6.07) is 1.64. The highest BCUT2D eigenvalue weighted by Crippen LogP contribution is 2.26. The third-order valence-electron chi connectivity index (χ3n) is 2.77. The molecule has 19 heavy (non-hydrogen) atoms. The predicted molar refractivity (Wildman–Crippen MR) is 80.3 cm³/mol. The third kappa shape index (κ3) is 3.52. The molecule has 2 heterocycles. The predicted octanol–water partition coefficient (Wildman–Crippen LogP) is 3.34. The van der Waals surface area contributed by atoms with E-state index in [0.29, 0.717) is 12.2 Å². The van der Waals surface area contributed by atoms with Gasteiger partial charge < -0.3 is 10.4 Å². The van der Waals surface area contributed by atoms with Crippen molar-refractivity contribution < 1.29 is 5.11 Å². The second-order valence-corrected chi connectivity index (χ2v) is 7.02. The first-order chi connectivity index (χ1) is 8.88. The number of halogens is 1. The van der Waals surface area contributed by atoms with E-state index >= 15 is 0 Å². The molecular formula is C13H16BrN3OS. The monoisotopic (exact) mass is 341 g/mol. The average molecular weight is 342 g/mol. The summed E-state index contributed by atoms with van der Waals surface area (Å²) in [7, 11) is 0. The van der Waals surface area contributed by atoms with Gasteiger partial charge in [0.1, 0.15) is 10.8 Å². The maximum absolute atomic E-state index is 9.82. The molecule has 0 aliphatic rings. The van der Waals surface area contributed by atoms with Gasteiger partial charge in [-0.3, -0.25) is 4.98 Å². The van der Waals surface area contributed by atoms with Crippen molar-refractivity contribution in [2.24, 2.45) is 0 Å². The standard InChI is InChI=1S/C13H16BrN3OS/c1-8-5-16-12(19-8)13(2,3)17-7-10-11(18)4-9(14)6-15-10/h4-6,17-18H,7H2,1-3H3. The Hall–Kier alpha value is -0.980. The molecule has 2 aromatic rings. The second kappa shape index (κ2) is 5.56. The van der Waals surface area contributed by atoms with Gasteiger partial charge in [-0.2, -0.15) is 0 Å². The Labute approximate surface area is 125 Å². The fraction of sp³-hybridized carbons (Fsp3) is 0.385. The molecule has 0 aliphatic carbocycles. The van der Waals surface area contributed by atoms with E-state index in [1.807, 2.05) is 13.1 Å². The molecule has 0 aromatic carbocycles. The van der Waals surface area contributed by atoms with Gasteiger partial charge in [-0.05, 0) is 42.8 Å². The van der Waals surface area contributed by atoms with Crippen molar-refractivity contribution in [2.45, 2.75) is 32.9 Å². The summed E-state index contributed by atoms with van der Waals surface area (Å²) < 4.78 is 0.767. The Morgan fingerprint density at radius 1 is 1.37 bits per heavy atom. The molecule has 0 unspecified atom stereocenters. The van der Waals surface area contributed by atoms with Gasteiger partial charge >= 0.3 is 0 Å². The number of aryl methyl sites for hydroxylation is 1. The van der Waals surface area contributed by atoms with Crippen molar-refractivity contribution >= 4 is 27.3 Å². The smallest absolute Gasteiger partial charge is 0.139 e. The van der Waals surface area contributed by atoms with Crippen LogP contribution in [0.2, 0.25) is 0 Å². The van der Waals surface area contributed by atoms with Crippen molar-refractivity contribution in [1.29, 1.82) is 0 Å². The van der Waals surface area contributed by atoms with E-state index in [1.165, 1.54) is 4.88 Å². The summed E-state index contributed by atoms with van der Waals surface area (Å²) in [6.45, 7) is 6.67. The van der Waals surface area contributed by atoms with E-state index < -0.39 is 0 Å². The van der Waals surface area contributed by atoms with Crippen LogP contribution in [0, 0.1) is 6.92 Å². The summed E-state index contributed by atoms with van der Waals surface area (Å²) in [5, 5.41) is 14.2. The summed E-state index contributed by atoms with van der Waals surface area (Å²) in [4.78, 5) is 9.79. The number of hydrogen-bond donors (Lipinski definition) is 2. The number of thiazole rings is 1. The lowest BCUT2D eigenvalue weighted by atomic mass is 10.1. The van der Waals surface area contributed by atoms with E-state index in [-0.39, 0.29) is 11.3 Å². The molecule has 2 aromatic heterocycles. The zero-order valence-corrected chi connectivity index (χ0v) is 13.5. The van der Waals surface area contributed by atoms with Gasteiger partial charge in [-0.15, -0.1) is 11.3 Å². The Balaban J connectivity index is 2.09. The highest BCUT2D eigenvalue weighted by molar-refractivity contribution is 9.10. The van der Waals surface area contributed by atoms with E-state index in [9.17, 15) is 5.11 Å². The molecule has 0 bridgehead atoms. The van der Waals surface area contributed by atoms with Gasteiger partial charge in [0, 0.05) is 28.3 Å². The van der Waals surface area contributed by atoms with Crippen LogP contribution in [0.15, 0.2) is 22.9 Å². The lowest BCUT2D eigenvalue weighted by Gasteiger charge is -2.23. The first-order valence-corrected chi connectivity index (χ1v) is 7.51. The molecule has 4 nitrogen and oxygen atoms in total. The second-order valence-electron chi connectivity index (χ2n) is 4.87. The van der Waals surface area contributed by atoms with Crippen LogP contribution in [0.5, 0.6) is 5.75 Å². The maximum Gasteiger partial charge on any atom is 0.139 e. The number of aromatic nitrogens is 2. The number of hydrogen-bond acceptors (Lipinski definition) is 5. The van der Waals surface area contributed by atoms with E-state index in [1.54, 1.807) is 23.6 Å². The lowest BCUT2D eigenvalue weighted by molar-refractivity contribution is 0.387. The van der Waals surface area contributed by atoms with Gasteiger partial charge in [-0.25, -0.2) is 4.98 Å². The molecule has 2 rings (SSSR count). The molecule has 0 amide bonds. The van der Waals surface area contributed by atoms with Gasteiger partial charge in [0.25, 0.3) is 0 Å². The normalized spacial score (nSPS) is 11.8. The Kier molecular flexibility index (Phi) is 4.23. The highest BCUT2D eigenvalue weighted by atomic mass is 79.9. The topological polar surface area (TPSA) is 58.0 Å². The molecule has 0 saturated heterocycles. The van der Waals surface area contributed by atoms with Crippen LogP contribution >= 0.6 is 27.3 Å². The van der Waals surface area contributed by atoms with E-state index in [2.05, 4.69) is 45.1 Å². The fourth-order valence-corrected chi connectivity index (χ4v) is 2.78. The molecule has 0 aliphatic heterocycles. The Morgan fingerprint density at radius 3 is 2.68 bits per heavy atom. The van der Waals surface area contributed by atoms with E-state index in [0.717, 1.165) is 9.48 Å². The van der Waals surface area contributed by atoms with Crippen LogP contribution in [0.25, 0.3) is 0 Å². The average Bonchev–Trinajstić information content (AvgIpc) is 2.75. The molecular weight excluding hydrogens is 326 g/mol. The van der Waals surface area contributed by atoms with Crippen LogP contribution in [0.3, 0.4) is 0 Å². The number of nitrogens with one attached hydrogen (secondary N) is 1. The van der Waals surface area contributed by atoms with Crippen molar-refractivity contribution in [3.05, 3.63) is 38.5 Å². The zero-order chi connectivity index (χ0) is 14.0. The number of nitrogens with zero attached hydrogens (tertiary/aromatic N) is 2. The van der Waals surface area contributed by atoms with Crippen LogP contribution in [-0.4, -0.2) is 15.1 Å². The minimum absolute atomic E-state index is 0.188. The minimum Gasteiger partial charge on any atom is -0.506 e. The van der Waals surface area contributed by atoms with Crippen molar-refractivity contribution in [1.82, 2.24) is 15.3 Å². The minimum atomic E-state index is -0.250. The number of rotatable bonds is 4. The third-order valence-corrected chi connectivity index (χ3v) is 4.44. The van der Waals surface area contributed by atoms with Gasteiger partial charge in [0.05, 0.1) is 11.2 Å². The van der Waals surface area contributed by atoms with Crippen LogP contribution in [0.1, 0.15) is 29.4 Å². The van der Waals surface area contributed by atoms with Crippen molar-refractivity contribution in [3.63, 3.8) is 0 Å². The van der Waals surface area contributed by atoms with Crippen molar-refractivity contribution in [3.8, 4) is 5.75 Å². The lowest BCUT2D eigenvalue weighted by Crippen LogP contribution is -2.36. The van der Waals surface area contributed by atoms with Crippen molar-refractivity contribution in [2.75, 3.05) is 0 Å². The molecule has 2 N–H and O–H groups in total. The quantitative estimate of drug-likeness (QED) is 0.895. The zero-order valence-electron chi connectivity index (χ0n) is 11.1. The SMILES string of the molecule is Cc1cnc(C(C)(C)NCc2ncc(Br)cc2O)s1. The Bertz CT molecular complexity index is 583. The summed E-state index contributed by atoms with van der Waals surface area (Å²) in [5.74, 6) is 0.188. The molecule has 6 heteroatoms. The van der Waals surface area contributed by atoms with Gasteiger partial charge in [-0.1, -0.05) is 0 Å². The largest absolute Gasteiger partial charge is 0.506 e. The number of aromatic hydroxyl groups is 1. The summed E-state index contributed by atoms with van der Waals surface area (Å²) >= 11 is 4.95. The summed E-state index contributed by atoms with van der Waals surface area (Å²) in [6.07, 6.45) is 3.55.